The lowest BCUT2D eigenvalue weighted by molar-refractivity contribution is 0.116. The summed E-state index contributed by atoms with van der Waals surface area (Å²) < 4.78 is 37.2. The van der Waals surface area contributed by atoms with Crippen LogP contribution in [0.2, 0.25) is 0 Å². The average molecular weight is 381 g/mol. The summed E-state index contributed by atoms with van der Waals surface area (Å²) in [5.41, 5.74) is 7.61. The van der Waals surface area contributed by atoms with E-state index in [-0.39, 0.29) is 0 Å². The van der Waals surface area contributed by atoms with Gasteiger partial charge in [0, 0.05) is 12.3 Å². The number of ether oxygens (including phenoxy) is 2. The van der Waals surface area contributed by atoms with Crippen LogP contribution in [0.5, 0.6) is 5.75 Å². The van der Waals surface area contributed by atoms with Gasteiger partial charge >= 0.3 is 0 Å². The zero-order chi connectivity index (χ0) is 19.3. The molecule has 0 spiro atoms. The number of benzene rings is 2. The fourth-order valence-electron chi connectivity index (χ4n) is 2.00. The second-order valence-corrected chi connectivity index (χ2v) is 7.22. The molecule has 0 saturated heterocycles. The Labute approximate surface area is 155 Å². The molecule has 0 radical (unpaired) electrons. The molecule has 26 heavy (non-hydrogen) atoms. The van der Waals surface area contributed by atoms with Gasteiger partial charge in [0.2, 0.25) is 0 Å². The summed E-state index contributed by atoms with van der Waals surface area (Å²) in [6, 6.07) is 17.8. The molecule has 3 N–H and O–H groups in total. The minimum absolute atomic E-state index is 0.697. The summed E-state index contributed by atoms with van der Waals surface area (Å²) in [5, 5.41) is 0. The Morgan fingerprint density at radius 2 is 1.50 bits per heavy atom. The van der Waals surface area contributed by atoms with Gasteiger partial charge in [-0.15, -0.1) is 0 Å². The van der Waals surface area contributed by atoms with Crippen molar-refractivity contribution in [2.45, 2.75) is 25.9 Å². The molecule has 0 saturated carbocycles. The largest absolute Gasteiger partial charge is 0.494 e. The Bertz CT molecular complexity index is 694. The third-order valence-corrected chi connectivity index (χ3v) is 3.19. The van der Waals surface area contributed by atoms with E-state index in [1.54, 1.807) is 0 Å². The first-order valence-electron chi connectivity index (χ1n) is 8.37. The van der Waals surface area contributed by atoms with Gasteiger partial charge in [-0.3, -0.25) is 4.55 Å². The van der Waals surface area contributed by atoms with Crippen molar-refractivity contribution in [2.24, 2.45) is 0 Å². The lowest BCUT2D eigenvalue weighted by atomic mass is 10.2. The average Bonchev–Trinajstić information content (AvgIpc) is 2.58. The van der Waals surface area contributed by atoms with Gasteiger partial charge in [-0.25, -0.2) is 0 Å². The van der Waals surface area contributed by atoms with Gasteiger partial charge in [-0.2, -0.15) is 8.42 Å². The summed E-state index contributed by atoms with van der Waals surface area (Å²) in [5.74, 6) is 0.879. The summed E-state index contributed by atoms with van der Waals surface area (Å²) in [4.78, 5) is 0. The van der Waals surface area contributed by atoms with Crippen LogP contribution >= 0.6 is 0 Å². The highest BCUT2D eigenvalue weighted by molar-refractivity contribution is 7.85. The van der Waals surface area contributed by atoms with Crippen molar-refractivity contribution < 1.29 is 22.4 Å². The van der Waals surface area contributed by atoms with Crippen LogP contribution in [0.1, 0.15) is 24.8 Å². The van der Waals surface area contributed by atoms with Crippen LogP contribution in [0, 0.1) is 0 Å². The zero-order valence-electron chi connectivity index (χ0n) is 15.0. The number of hydrogen-bond acceptors (Lipinski definition) is 5. The first kappa shape index (κ1) is 22.0. The first-order valence-corrected chi connectivity index (χ1v) is 10.2. The molecule has 0 fully saturated rings. The number of rotatable bonds is 9. The molecule has 0 aromatic heterocycles. The van der Waals surface area contributed by atoms with Gasteiger partial charge in [0.25, 0.3) is 10.1 Å². The molecule has 0 amide bonds. The smallest absolute Gasteiger partial charge is 0.261 e. The van der Waals surface area contributed by atoms with E-state index in [1.807, 2.05) is 42.5 Å². The van der Waals surface area contributed by atoms with E-state index in [2.05, 4.69) is 12.1 Å². The van der Waals surface area contributed by atoms with Crippen LogP contribution in [0.4, 0.5) is 5.69 Å². The second-order valence-electron chi connectivity index (χ2n) is 5.75. The van der Waals surface area contributed by atoms with Crippen molar-refractivity contribution in [3.05, 3.63) is 60.2 Å². The van der Waals surface area contributed by atoms with Gasteiger partial charge in [0.15, 0.2) is 0 Å². The Hall–Kier alpha value is -2.09. The second kappa shape index (κ2) is 12.3. The van der Waals surface area contributed by atoms with Crippen molar-refractivity contribution in [3.63, 3.8) is 0 Å². The van der Waals surface area contributed by atoms with Crippen molar-refractivity contribution >= 4 is 15.8 Å². The van der Waals surface area contributed by atoms with Gasteiger partial charge in [0.05, 0.1) is 19.5 Å². The van der Waals surface area contributed by atoms with E-state index in [0.29, 0.717) is 12.9 Å². The number of hydrogen-bond donors (Lipinski definition) is 2. The summed E-state index contributed by atoms with van der Waals surface area (Å²) >= 11 is 0. The number of unbranched alkanes of at least 4 members (excludes halogenated alkanes) is 2. The van der Waals surface area contributed by atoms with Crippen molar-refractivity contribution in [1.29, 1.82) is 0 Å². The third-order valence-electron chi connectivity index (χ3n) is 3.19. The van der Waals surface area contributed by atoms with Gasteiger partial charge in [-0.05, 0) is 49.1 Å². The van der Waals surface area contributed by atoms with Crippen LogP contribution in [-0.4, -0.2) is 32.4 Å². The van der Waals surface area contributed by atoms with Gasteiger partial charge < -0.3 is 15.2 Å². The summed E-state index contributed by atoms with van der Waals surface area (Å²) in [6.45, 7) is 2.24. The van der Waals surface area contributed by atoms with Gasteiger partial charge in [-0.1, -0.05) is 30.3 Å². The van der Waals surface area contributed by atoms with E-state index < -0.39 is 10.1 Å². The zero-order valence-corrected chi connectivity index (χ0v) is 15.8. The molecule has 2 aromatic rings. The highest BCUT2D eigenvalue weighted by Crippen LogP contribution is 2.13. The molecular formula is C19H27NO5S. The summed E-state index contributed by atoms with van der Waals surface area (Å²) in [7, 11) is -3.67. The standard InChI is InChI=1S/C18H23NO2.CH4O3S/c19-17-9-11-18(12-10-17)21-14-6-2-5-13-20-15-16-7-3-1-4-8-16;1-5(2,3)4/h1,3-4,7-12H,2,5-6,13-15,19H2;1H3,(H,2,3,4). The third kappa shape index (κ3) is 13.2. The first-order chi connectivity index (χ1) is 12.3. The monoisotopic (exact) mass is 381 g/mol. The maximum atomic E-state index is 9.19. The molecule has 144 valence electrons. The van der Waals surface area contributed by atoms with E-state index in [9.17, 15) is 8.42 Å². The van der Waals surface area contributed by atoms with E-state index in [0.717, 1.165) is 43.9 Å². The molecule has 0 bridgehead atoms. The molecule has 0 aliphatic heterocycles. The van der Waals surface area contributed by atoms with Crippen molar-refractivity contribution in [3.8, 4) is 5.75 Å². The van der Waals surface area contributed by atoms with Crippen LogP contribution < -0.4 is 10.5 Å². The molecule has 2 aromatic carbocycles. The van der Waals surface area contributed by atoms with Crippen LogP contribution in [-0.2, 0) is 21.5 Å². The lowest BCUT2D eigenvalue weighted by Crippen LogP contribution is -2.00. The molecular weight excluding hydrogens is 354 g/mol. The molecule has 0 unspecified atom stereocenters. The van der Waals surface area contributed by atoms with E-state index in [1.165, 1.54) is 5.56 Å². The highest BCUT2D eigenvalue weighted by Gasteiger charge is 1.95. The Morgan fingerprint density at radius 1 is 0.923 bits per heavy atom. The number of nitrogen functional groups attached to an aromatic ring is 1. The molecule has 0 aliphatic carbocycles. The van der Waals surface area contributed by atoms with Crippen molar-refractivity contribution in [2.75, 3.05) is 25.2 Å². The molecule has 0 aliphatic rings. The van der Waals surface area contributed by atoms with Crippen LogP contribution in [0.15, 0.2) is 54.6 Å². The minimum atomic E-state index is -3.67. The lowest BCUT2D eigenvalue weighted by Gasteiger charge is -2.07. The fourth-order valence-corrected chi connectivity index (χ4v) is 2.00. The predicted molar refractivity (Wildman–Crippen MR) is 104 cm³/mol. The normalized spacial score (nSPS) is 10.7. The minimum Gasteiger partial charge on any atom is -0.494 e. The quantitative estimate of drug-likeness (QED) is 0.392. The SMILES string of the molecule is CS(=O)(=O)O.Nc1ccc(OCCCCCOCc2ccccc2)cc1. The molecule has 6 nitrogen and oxygen atoms in total. The molecule has 2 rings (SSSR count). The van der Waals surface area contributed by atoms with Crippen LogP contribution in [0.3, 0.4) is 0 Å². The van der Waals surface area contributed by atoms with Crippen LogP contribution in [0.25, 0.3) is 0 Å². The Kier molecular flexibility index (Phi) is 10.4. The predicted octanol–water partition coefficient (Wildman–Crippen LogP) is 3.54. The molecule has 7 heteroatoms. The van der Waals surface area contributed by atoms with Crippen molar-refractivity contribution in [1.82, 2.24) is 0 Å². The number of nitrogens with two attached hydrogens (primary N) is 1. The van der Waals surface area contributed by atoms with E-state index >= 15 is 0 Å². The number of anilines is 1. The van der Waals surface area contributed by atoms with E-state index in [4.69, 9.17) is 19.8 Å². The Balaban J connectivity index is 0.000000597. The Morgan fingerprint density at radius 3 is 2.12 bits per heavy atom. The fraction of sp³-hybridized carbons (Fsp3) is 0.368. The maximum Gasteiger partial charge on any atom is 0.261 e. The molecule has 0 atom stereocenters. The topological polar surface area (TPSA) is 98.9 Å². The molecule has 0 heterocycles. The van der Waals surface area contributed by atoms with Gasteiger partial charge in [0.1, 0.15) is 5.75 Å². The maximum absolute atomic E-state index is 9.19. The summed E-state index contributed by atoms with van der Waals surface area (Å²) in [6.07, 6.45) is 3.94. The highest BCUT2D eigenvalue weighted by atomic mass is 32.2.